The van der Waals surface area contributed by atoms with Crippen LogP contribution in [-0.2, 0) is 25.8 Å². The molecule has 0 bridgehead atoms. The van der Waals surface area contributed by atoms with E-state index < -0.39 is 15.9 Å². The molecular weight excluding hydrogens is 358 g/mol. The molecule has 0 aromatic carbocycles. The Labute approximate surface area is 152 Å². The molecule has 9 nitrogen and oxygen atoms in total. The van der Waals surface area contributed by atoms with Crippen LogP contribution in [0.2, 0.25) is 0 Å². The molecule has 0 aliphatic carbocycles. The summed E-state index contributed by atoms with van der Waals surface area (Å²) in [4.78, 5) is 37.9. The van der Waals surface area contributed by atoms with Gasteiger partial charge >= 0.3 is 0 Å². The first-order valence-corrected chi connectivity index (χ1v) is 10.3. The van der Waals surface area contributed by atoms with Crippen LogP contribution in [0.1, 0.15) is 5.69 Å². The van der Waals surface area contributed by atoms with Crippen LogP contribution in [0.4, 0.5) is 0 Å². The van der Waals surface area contributed by atoms with E-state index in [2.05, 4.69) is 9.97 Å². The zero-order valence-corrected chi connectivity index (χ0v) is 15.7. The Bertz CT molecular complexity index is 783. The van der Waals surface area contributed by atoms with Crippen molar-refractivity contribution < 1.29 is 18.0 Å². The summed E-state index contributed by atoms with van der Waals surface area (Å²) in [7, 11) is 0.0995. The zero-order valence-electron chi connectivity index (χ0n) is 14.9. The van der Waals surface area contributed by atoms with Crippen molar-refractivity contribution in [2.24, 2.45) is 0 Å². The Morgan fingerprint density at radius 1 is 1.19 bits per heavy atom. The summed E-state index contributed by atoms with van der Waals surface area (Å²) in [5.41, 5.74) is 0.556. The second-order valence-corrected chi connectivity index (χ2v) is 9.08. The van der Waals surface area contributed by atoms with Crippen molar-refractivity contribution >= 4 is 21.7 Å². The highest BCUT2D eigenvalue weighted by atomic mass is 32.2. The first-order chi connectivity index (χ1) is 12.3. The first kappa shape index (κ1) is 18.7. The molecular formula is C16H23N5O4S. The highest BCUT2D eigenvalue weighted by Crippen LogP contribution is 2.27. The third-order valence-electron chi connectivity index (χ3n) is 4.90. The fourth-order valence-corrected chi connectivity index (χ4v) is 5.54. The van der Waals surface area contributed by atoms with Gasteiger partial charge in [0.1, 0.15) is 0 Å². The van der Waals surface area contributed by atoms with Gasteiger partial charge in [0, 0.05) is 51.8 Å². The van der Waals surface area contributed by atoms with Crippen LogP contribution in [0.3, 0.4) is 0 Å². The van der Waals surface area contributed by atoms with Gasteiger partial charge in [0.2, 0.25) is 11.8 Å². The minimum atomic E-state index is -3.25. The fraction of sp³-hybridized carbons (Fsp3) is 0.625. The van der Waals surface area contributed by atoms with Crippen LogP contribution in [0, 0.1) is 0 Å². The number of likely N-dealkylation sites (N-methyl/N-ethyl adjacent to an activating group) is 1. The lowest BCUT2D eigenvalue weighted by Gasteiger charge is -2.43. The van der Waals surface area contributed by atoms with Crippen molar-refractivity contribution in [3.05, 3.63) is 24.3 Å². The third kappa shape index (κ3) is 4.01. The van der Waals surface area contributed by atoms with Gasteiger partial charge in [-0.25, -0.2) is 8.42 Å². The number of hydrogen-bond acceptors (Lipinski definition) is 7. The topological polar surface area (TPSA) is 104 Å². The van der Waals surface area contributed by atoms with Crippen LogP contribution >= 0.6 is 0 Å². The number of sulfone groups is 1. The highest BCUT2D eigenvalue weighted by Gasteiger charge is 2.48. The van der Waals surface area contributed by atoms with Crippen LogP contribution in [0.25, 0.3) is 0 Å². The lowest BCUT2D eigenvalue weighted by atomic mass is 10.0. The van der Waals surface area contributed by atoms with Crippen LogP contribution in [-0.4, -0.2) is 102 Å². The number of aromatic nitrogens is 2. The summed E-state index contributed by atoms with van der Waals surface area (Å²) in [6, 6.07) is -0.767. The number of hydrogen-bond donors (Lipinski definition) is 0. The summed E-state index contributed by atoms with van der Waals surface area (Å²) in [6.07, 6.45) is 4.69. The lowest BCUT2D eigenvalue weighted by Crippen LogP contribution is -2.62. The molecule has 142 valence electrons. The zero-order chi connectivity index (χ0) is 18.9. The molecule has 0 saturated carbocycles. The average molecular weight is 381 g/mol. The van der Waals surface area contributed by atoms with Gasteiger partial charge in [0.15, 0.2) is 9.84 Å². The summed E-state index contributed by atoms with van der Waals surface area (Å²) in [5, 5.41) is 0. The van der Waals surface area contributed by atoms with Gasteiger partial charge in [-0.1, -0.05) is 0 Å². The maximum absolute atomic E-state index is 12.7. The third-order valence-corrected chi connectivity index (χ3v) is 6.60. The molecule has 3 rings (SSSR count). The number of rotatable bonds is 4. The van der Waals surface area contributed by atoms with Gasteiger partial charge in [-0.15, -0.1) is 0 Å². The minimum Gasteiger partial charge on any atom is -0.348 e. The molecule has 2 aliphatic heterocycles. The Balaban J connectivity index is 1.76. The van der Waals surface area contributed by atoms with Gasteiger partial charge in [0.25, 0.3) is 0 Å². The van der Waals surface area contributed by atoms with Crippen molar-refractivity contribution in [3.8, 4) is 0 Å². The predicted molar refractivity (Wildman–Crippen MR) is 93.9 cm³/mol. The largest absolute Gasteiger partial charge is 0.348 e. The molecule has 26 heavy (non-hydrogen) atoms. The van der Waals surface area contributed by atoms with E-state index in [1.807, 2.05) is 4.90 Å². The SMILES string of the molecule is CN(C)C(=O)CN1CCN(C(=O)Cc2cnccn2)[C@@H]2CS(=O)(=O)C[C@@H]21. The molecule has 0 radical (unpaired) electrons. The molecule has 2 aliphatic rings. The standard InChI is InChI=1S/C16H23N5O4S/c1-19(2)16(23)9-20-5-6-21(14-11-26(24,25)10-13(14)20)15(22)7-12-8-17-3-4-18-12/h3-4,8,13-14H,5-7,9-11H2,1-2H3/t13-,14+/m0/s1. The van der Waals surface area contributed by atoms with E-state index in [1.165, 1.54) is 23.5 Å². The molecule has 2 atom stereocenters. The van der Waals surface area contributed by atoms with Gasteiger partial charge < -0.3 is 9.80 Å². The Morgan fingerprint density at radius 2 is 1.92 bits per heavy atom. The van der Waals surface area contributed by atoms with E-state index in [9.17, 15) is 18.0 Å². The number of amides is 2. The van der Waals surface area contributed by atoms with E-state index in [0.717, 1.165) is 0 Å². The van der Waals surface area contributed by atoms with E-state index in [0.29, 0.717) is 18.8 Å². The smallest absolute Gasteiger partial charge is 0.236 e. The predicted octanol–water partition coefficient (Wildman–Crippen LogP) is -1.58. The van der Waals surface area contributed by atoms with E-state index >= 15 is 0 Å². The maximum atomic E-state index is 12.7. The van der Waals surface area contributed by atoms with Gasteiger partial charge in [-0.05, 0) is 0 Å². The fourth-order valence-electron chi connectivity index (χ4n) is 3.52. The van der Waals surface area contributed by atoms with Crippen molar-refractivity contribution in [1.82, 2.24) is 24.7 Å². The molecule has 0 unspecified atom stereocenters. The maximum Gasteiger partial charge on any atom is 0.236 e. The quantitative estimate of drug-likeness (QED) is 0.620. The molecule has 2 fully saturated rings. The van der Waals surface area contributed by atoms with E-state index in [4.69, 9.17) is 0 Å². The molecule has 1 aromatic heterocycles. The first-order valence-electron chi connectivity index (χ1n) is 8.46. The van der Waals surface area contributed by atoms with Gasteiger partial charge in [-0.3, -0.25) is 24.5 Å². The second kappa shape index (κ2) is 7.28. The summed E-state index contributed by atoms with van der Waals surface area (Å²) in [6.45, 7) is 1.04. The van der Waals surface area contributed by atoms with Gasteiger partial charge in [0.05, 0.1) is 36.2 Å². The number of fused-ring (bicyclic) bond motifs is 1. The number of carbonyl (C=O) groups excluding carboxylic acids is 2. The normalized spacial score (nSPS) is 24.9. The van der Waals surface area contributed by atoms with E-state index in [-0.39, 0.29) is 42.3 Å². The monoisotopic (exact) mass is 381 g/mol. The highest BCUT2D eigenvalue weighted by molar-refractivity contribution is 7.91. The average Bonchev–Trinajstić information content (AvgIpc) is 2.91. The molecule has 1 aromatic rings. The van der Waals surface area contributed by atoms with Crippen LogP contribution in [0.15, 0.2) is 18.6 Å². The number of nitrogens with zero attached hydrogens (tertiary/aromatic N) is 5. The Kier molecular flexibility index (Phi) is 5.24. The number of piperazine rings is 1. The molecule has 2 amide bonds. The van der Waals surface area contributed by atoms with Crippen LogP contribution in [0.5, 0.6) is 0 Å². The second-order valence-electron chi connectivity index (χ2n) is 6.93. The summed E-state index contributed by atoms with van der Waals surface area (Å²) < 4.78 is 24.4. The number of carbonyl (C=O) groups is 2. The van der Waals surface area contributed by atoms with Crippen LogP contribution < -0.4 is 0 Å². The molecule has 3 heterocycles. The molecule has 0 spiro atoms. The molecule has 10 heteroatoms. The molecule has 0 N–H and O–H groups in total. The summed E-state index contributed by atoms with van der Waals surface area (Å²) in [5.74, 6) is -0.312. The van der Waals surface area contributed by atoms with Crippen molar-refractivity contribution in [2.75, 3.05) is 45.2 Å². The minimum absolute atomic E-state index is 0.0205. The van der Waals surface area contributed by atoms with Crippen molar-refractivity contribution in [1.29, 1.82) is 0 Å². The van der Waals surface area contributed by atoms with E-state index in [1.54, 1.807) is 19.0 Å². The van der Waals surface area contributed by atoms with Crippen molar-refractivity contribution in [3.63, 3.8) is 0 Å². The Hall–Kier alpha value is -2.07. The summed E-state index contributed by atoms with van der Waals surface area (Å²) >= 11 is 0. The molecule has 2 saturated heterocycles. The van der Waals surface area contributed by atoms with Crippen molar-refractivity contribution in [2.45, 2.75) is 18.5 Å². The van der Waals surface area contributed by atoms with Gasteiger partial charge in [-0.2, -0.15) is 0 Å². The Morgan fingerprint density at radius 3 is 2.58 bits per heavy atom. The lowest BCUT2D eigenvalue weighted by molar-refractivity contribution is -0.138.